The maximum absolute atomic E-state index is 11.0. The summed E-state index contributed by atoms with van der Waals surface area (Å²) < 4.78 is 31.6. The van der Waals surface area contributed by atoms with Crippen LogP contribution in [0.15, 0.2) is 60.7 Å². The molecule has 2 aromatic rings. The Kier molecular flexibility index (Phi) is 6.85. The largest absolute Gasteiger partial charge is 0.404 e. The fourth-order valence-electron chi connectivity index (χ4n) is 5.50. The summed E-state index contributed by atoms with van der Waals surface area (Å²) in [6.45, 7) is 12.2. The van der Waals surface area contributed by atoms with Crippen LogP contribution in [0.5, 0.6) is 0 Å². The van der Waals surface area contributed by atoms with E-state index in [0.717, 1.165) is 10.4 Å². The molecule has 2 fully saturated rings. The van der Waals surface area contributed by atoms with Crippen molar-refractivity contribution in [1.29, 1.82) is 0 Å². The molecule has 1 N–H and O–H groups in total. The first-order valence-electron chi connectivity index (χ1n) is 12.0. The van der Waals surface area contributed by atoms with Crippen molar-refractivity contribution < 1.29 is 28.5 Å². The van der Waals surface area contributed by atoms with Crippen molar-refractivity contribution in [3.05, 3.63) is 60.7 Å². The van der Waals surface area contributed by atoms with Gasteiger partial charge in [-0.2, -0.15) is 0 Å². The van der Waals surface area contributed by atoms with Gasteiger partial charge in [0, 0.05) is 7.11 Å². The Morgan fingerprint density at radius 2 is 1.47 bits per heavy atom. The molecule has 5 atom stereocenters. The number of benzene rings is 2. The second kappa shape index (κ2) is 9.13. The maximum atomic E-state index is 11.0. The first-order chi connectivity index (χ1) is 16.0. The smallest absolute Gasteiger partial charge is 0.261 e. The monoisotopic (exact) mass is 486 g/mol. The quantitative estimate of drug-likeness (QED) is 0.607. The summed E-state index contributed by atoms with van der Waals surface area (Å²) in [7, 11) is -1.23. The lowest BCUT2D eigenvalue weighted by molar-refractivity contribution is -0.265. The fourth-order valence-corrected chi connectivity index (χ4v) is 10.1. The number of aliphatic hydroxyl groups is 1. The average Bonchev–Trinajstić information content (AvgIpc) is 3.23. The van der Waals surface area contributed by atoms with Gasteiger partial charge in [-0.05, 0) is 36.2 Å². The first kappa shape index (κ1) is 25.5. The molecule has 2 saturated heterocycles. The molecule has 7 heteroatoms. The average molecular weight is 487 g/mol. The van der Waals surface area contributed by atoms with Gasteiger partial charge in [-0.3, -0.25) is 0 Å². The highest BCUT2D eigenvalue weighted by Gasteiger charge is 2.65. The van der Waals surface area contributed by atoms with E-state index < -0.39 is 44.3 Å². The van der Waals surface area contributed by atoms with Gasteiger partial charge in [-0.15, -0.1) is 0 Å². The van der Waals surface area contributed by atoms with Crippen LogP contribution in [-0.2, 0) is 23.4 Å². The van der Waals surface area contributed by atoms with Crippen molar-refractivity contribution in [2.45, 2.75) is 82.6 Å². The van der Waals surface area contributed by atoms with Crippen molar-refractivity contribution >= 4 is 18.7 Å². The zero-order valence-electron chi connectivity index (χ0n) is 21.3. The predicted molar refractivity (Wildman–Crippen MR) is 134 cm³/mol. The van der Waals surface area contributed by atoms with Crippen LogP contribution in [0, 0.1) is 0 Å². The Bertz CT molecular complexity index is 919. The minimum atomic E-state index is -2.84. The highest BCUT2D eigenvalue weighted by molar-refractivity contribution is 6.99. The van der Waals surface area contributed by atoms with Crippen LogP contribution in [0.1, 0.15) is 41.5 Å². The summed E-state index contributed by atoms with van der Waals surface area (Å²) in [5.74, 6) is -0.782. The molecular formula is C27H38O6Si. The molecular weight excluding hydrogens is 448 g/mol. The molecule has 34 heavy (non-hydrogen) atoms. The summed E-state index contributed by atoms with van der Waals surface area (Å²) in [6.07, 6.45) is -2.54. The molecule has 1 unspecified atom stereocenters. The molecule has 0 aliphatic carbocycles. The number of ether oxygens (including phenoxy) is 4. The van der Waals surface area contributed by atoms with E-state index in [1.54, 1.807) is 14.0 Å². The first-order valence-corrected chi connectivity index (χ1v) is 13.9. The third-order valence-corrected chi connectivity index (χ3v) is 12.1. The van der Waals surface area contributed by atoms with E-state index >= 15 is 0 Å². The van der Waals surface area contributed by atoms with Gasteiger partial charge in [0.05, 0.1) is 12.7 Å². The highest BCUT2D eigenvalue weighted by atomic mass is 28.4. The molecule has 0 saturated carbocycles. The second-order valence-corrected chi connectivity index (χ2v) is 15.1. The van der Waals surface area contributed by atoms with Crippen LogP contribution in [0.25, 0.3) is 0 Å². The Morgan fingerprint density at radius 1 is 0.941 bits per heavy atom. The Balaban J connectivity index is 1.78. The second-order valence-electron chi connectivity index (χ2n) is 10.8. The molecule has 0 aromatic heterocycles. The molecule has 0 bridgehead atoms. The maximum Gasteiger partial charge on any atom is 0.261 e. The van der Waals surface area contributed by atoms with Gasteiger partial charge in [0.25, 0.3) is 8.32 Å². The van der Waals surface area contributed by atoms with Gasteiger partial charge in [0.2, 0.25) is 0 Å². The highest BCUT2D eigenvalue weighted by Crippen LogP contribution is 2.46. The van der Waals surface area contributed by atoms with E-state index in [-0.39, 0.29) is 11.6 Å². The molecule has 4 rings (SSSR count). The minimum Gasteiger partial charge on any atom is -0.404 e. The third-order valence-electron chi connectivity index (χ3n) is 7.10. The Hall–Kier alpha value is -1.58. The normalized spacial score (nSPS) is 29.7. The van der Waals surface area contributed by atoms with Gasteiger partial charge in [-0.1, -0.05) is 81.4 Å². The summed E-state index contributed by atoms with van der Waals surface area (Å²) in [5.41, 5.74) is -1.15. The van der Waals surface area contributed by atoms with Crippen molar-refractivity contribution in [3.8, 4) is 0 Å². The van der Waals surface area contributed by atoms with Gasteiger partial charge < -0.3 is 28.5 Å². The van der Waals surface area contributed by atoms with Gasteiger partial charge in [-0.25, -0.2) is 0 Å². The molecule has 2 aliphatic heterocycles. The van der Waals surface area contributed by atoms with Crippen molar-refractivity contribution in [3.63, 3.8) is 0 Å². The lowest BCUT2D eigenvalue weighted by Gasteiger charge is -2.46. The van der Waals surface area contributed by atoms with Gasteiger partial charge in [0.1, 0.15) is 17.8 Å². The Morgan fingerprint density at radius 3 is 1.91 bits per heavy atom. The zero-order valence-corrected chi connectivity index (χ0v) is 22.3. The lowest BCUT2D eigenvalue weighted by atomic mass is 9.91. The van der Waals surface area contributed by atoms with Crippen LogP contribution in [0.2, 0.25) is 5.04 Å². The zero-order chi connectivity index (χ0) is 24.8. The molecule has 0 radical (unpaired) electrons. The summed E-state index contributed by atoms with van der Waals surface area (Å²) in [5, 5.41) is 13.2. The molecule has 6 nitrogen and oxygen atoms in total. The summed E-state index contributed by atoms with van der Waals surface area (Å²) in [4.78, 5) is 0. The number of methoxy groups -OCH3 is 1. The number of rotatable bonds is 7. The van der Waals surface area contributed by atoms with Crippen LogP contribution in [0.4, 0.5) is 0 Å². The number of hydrogen-bond acceptors (Lipinski definition) is 6. The fraction of sp³-hybridized carbons (Fsp3) is 0.556. The topological polar surface area (TPSA) is 66.4 Å². The Labute approximate surface area is 204 Å². The van der Waals surface area contributed by atoms with Crippen LogP contribution in [0.3, 0.4) is 0 Å². The van der Waals surface area contributed by atoms with Crippen molar-refractivity contribution in [2.24, 2.45) is 0 Å². The van der Waals surface area contributed by atoms with Crippen molar-refractivity contribution in [2.75, 3.05) is 13.7 Å². The van der Waals surface area contributed by atoms with Crippen LogP contribution < -0.4 is 10.4 Å². The lowest BCUT2D eigenvalue weighted by Crippen LogP contribution is -2.69. The number of hydrogen-bond donors (Lipinski definition) is 1. The molecule has 2 aromatic carbocycles. The van der Waals surface area contributed by atoms with Gasteiger partial charge in [0.15, 0.2) is 12.1 Å². The predicted octanol–water partition coefficient (Wildman–Crippen LogP) is 3.21. The summed E-state index contributed by atoms with van der Waals surface area (Å²) >= 11 is 0. The van der Waals surface area contributed by atoms with Gasteiger partial charge >= 0.3 is 0 Å². The minimum absolute atomic E-state index is 0.136. The molecule has 0 spiro atoms. The number of fused-ring (bicyclic) bond motifs is 1. The molecule has 186 valence electrons. The number of aliphatic hydroxyl groups excluding tert-OH is 1. The SMILES string of the molecule is CO[C@H]1[C@H]2OC(C)(C)O[C@H]2O[C@@]1(CO[Si](c1ccccc1)(c1ccccc1)C(C)(C)C)C(C)O. The molecule has 0 amide bonds. The molecule has 2 aliphatic rings. The third kappa shape index (κ3) is 4.17. The van der Waals surface area contributed by atoms with E-state index in [9.17, 15) is 5.11 Å². The van der Waals surface area contributed by atoms with E-state index in [0.29, 0.717) is 0 Å². The standard InChI is InChI=1S/C27H38O6Si/c1-19(28)27(23(29-7)22-24(33-27)32-26(5,6)31-22)18-30-34(25(2,3)4,20-14-10-8-11-15-20)21-16-12-9-13-17-21/h8-17,19,22-24,28H,18H2,1-7H3/t19?,22-,23+,24+,27+/m1/s1. The van der Waals surface area contributed by atoms with E-state index in [1.165, 1.54) is 0 Å². The van der Waals surface area contributed by atoms with Crippen LogP contribution in [-0.4, -0.2) is 63.1 Å². The van der Waals surface area contributed by atoms with E-state index in [2.05, 4.69) is 69.3 Å². The van der Waals surface area contributed by atoms with Crippen molar-refractivity contribution in [1.82, 2.24) is 0 Å². The van der Waals surface area contributed by atoms with Crippen LogP contribution >= 0.6 is 0 Å². The van der Waals surface area contributed by atoms with E-state index in [4.69, 9.17) is 23.4 Å². The molecule has 2 heterocycles. The van der Waals surface area contributed by atoms with E-state index in [1.807, 2.05) is 26.0 Å². The summed E-state index contributed by atoms with van der Waals surface area (Å²) in [6, 6.07) is 20.8.